The van der Waals surface area contributed by atoms with Gasteiger partial charge in [-0.05, 0) is 31.2 Å². The first-order valence-electron chi connectivity index (χ1n) is 8.07. The summed E-state index contributed by atoms with van der Waals surface area (Å²) < 4.78 is 0. The first kappa shape index (κ1) is 15.5. The fourth-order valence-corrected chi connectivity index (χ4v) is 3.41. The Balaban J connectivity index is 2.09. The van der Waals surface area contributed by atoms with Crippen LogP contribution in [0.4, 0.5) is 0 Å². The summed E-state index contributed by atoms with van der Waals surface area (Å²) in [5.41, 5.74) is 7.62. The fraction of sp³-hybridized carbons (Fsp3) is 0.667. The minimum Gasteiger partial charge on any atom is -0.321 e. The second kappa shape index (κ2) is 6.73. The van der Waals surface area contributed by atoms with E-state index in [9.17, 15) is 0 Å². The maximum Gasteiger partial charge on any atom is 0.0510 e. The van der Waals surface area contributed by atoms with Gasteiger partial charge in [0.2, 0.25) is 0 Å². The molecule has 0 bridgehead atoms. The monoisotopic (exact) mass is 274 g/mol. The maximum absolute atomic E-state index is 6.64. The Morgan fingerprint density at radius 2 is 1.80 bits per heavy atom. The molecule has 0 aromatic heterocycles. The Kier molecular flexibility index (Phi) is 5.22. The van der Waals surface area contributed by atoms with Crippen molar-refractivity contribution in [3.63, 3.8) is 0 Å². The minimum atomic E-state index is -0.265. The minimum absolute atomic E-state index is 0.265. The molecule has 0 spiro atoms. The highest BCUT2D eigenvalue weighted by Crippen LogP contribution is 2.27. The summed E-state index contributed by atoms with van der Waals surface area (Å²) in [5.74, 6) is 0.696. The van der Waals surface area contributed by atoms with Crippen molar-refractivity contribution in [1.29, 1.82) is 0 Å². The molecule has 1 aromatic carbocycles. The van der Waals surface area contributed by atoms with E-state index in [2.05, 4.69) is 56.0 Å². The molecule has 1 saturated carbocycles. The average Bonchev–Trinajstić information content (AvgIpc) is 2.92. The van der Waals surface area contributed by atoms with Crippen LogP contribution in [0.1, 0.15) is 52.0 Å². The second-order valence-electron chi connectivity index (χ2n) is 7.05. The van der Waals surface area contributed by atoms with Crippen LogP contribution in [-0.4, -0.2) is 24.0 Å². The molecule has 20 heavy (non-hydrogen) atoms. The lowest BCUT2D eigenvalue weighted by Gasteiger charge is -2.37. The Morgan fingerprint density at radius 3 is 2.35 bits per heavy atom. The summed E-state index contributed by atoms with van der Waals surface area (Å²) in [6.07, 6.45) is 5.45. The van der Waals surface area contributed by atoms with Crippen LogP contribution in [0.5, 0.6) is 0 Å². The van der Waals surface area contributed by atoms with E-state index >= 15 is 0 Å². The lowest BCUT2D eigenvalue weighted by atomic mass is 9.91. The van der Waals surface area contributed by atoms with Crippen LogP contribution < -0.4 is 5.73 Å². The quantitative estimate of drug-likeness (QED) is 0.856. The molecule has 2 nitrogen and oxygen atoms in total. The van der Waals surface area contributed by atoms with Gasteiger partial charge in [-0.3, -0.25) is 4.90 Å². The van der Waals surface area contributed by atoms with Gasteiger partial charge in [-0.15, -0.1) is 0 Å². The molecule has 1 atom stereocenters. The summed E-state index contributed by atoms with van der Waals surface area (Å²) >= 11 is 0. The molecular weight excluding hydrogens is 244 g/mol. The van der Waals surface area contributed by atoms with Crippen molar-refractivity contribution >= 4 is 0 Å². The van der Waals surface area contributed by atoms with Crippen LogP contribution in [0.2, 0.25) is 0 Å². The molecule has 1 unspecified atom stereocenters. The van der Waals surface area contributed by atoms with Gasteiger partial charge in [0.1, 0.15) is 0 Å². The number of hydrogen-bond acceptors (Lipinski definition) is 2. The van der Waals surface area contributed by atoms with E-state index in [1.54, 1.807) is 0 Å². The first-order valence-corrected chi connectivity index (χ1v) is 8.07. The van der Waals surface area contributed by atoms with Gasteiger partial charge in [0, 0.05) is 19.1 Å². The summed E-state index contributed by atoms with van der Waals surface area (Å²) in [6.45, 7) is 8.89. The molecule has 0 aliphatic heterocycles. The summed E-state index contributed by atoms with van der Waals surface area (Å²) in [4.78, 5) is 2.64. The predicted octanol–water partition coefficient (Wildman–Crippen LogP) is 3.76. The van der Waals surface area contributed by atoms with E-state index < -0.39 is 0 Å². The Labute approximate surface area is 124 Å². The SMILES string of the molecule is CC(C)CN(CC(C)(N)c1ccccc1)C1CCCC1. The van der Waals surface area contributed by atoms with Gasteiger partial charge < -0.3 is 5.73 Å². The van der Waals surface area contributed by atoms with Crippen molar-refractivity contribution < 1.29 is 0 Å². The van der Waals surface area contributed by atoms with Crippen LogP contribution in [-0.2, 0) is 5.54 Å². The number of benzene rings is 1. The number of rotatable bonds is 6. The predicted molar refractivity (Wildman–Crippen MR) is 86.6 cm³/mol. The summed E-state index contributed by atoms with van der Waals surface area (Å²) in [7, 11) is 0. The van der Waals surface area contributed by atoms with E-state index in [0.717, 1.165) is 19.1 Å². The molecule has 2 rings (SSSR count). The molecule has 2 heteroatoms. The Morgan fingerprint density at radius 1 is 1.20 bits per heavy atom. The Bertz CT molecular complexity index is 391. The number of hydrogen-bond donors (Lipinski definition) is 1. The van der Waals surface area contributed by atoms with Crippen molar-refractivity contribution in [1.82, 2.24) is 4.90 Å². The van der Waals surface area contributed by atoms with Crippen LogP contribution in [0.3, 0.4) is 0 Å². The van der Waals surface area contributed by atoms with Crippen molar-refractivity contribution in [2.75, 3.05) is 13.1 Å². The first-order chi connectivity index (χ1) is 9.49. The van der Waals surface area contributed by atoms with E-state index in [0.29, 0.717) is 5.92 Å². The lowest BCUT2D eigenvalue weighted by molar-refractivity contribution is 0.141. The average molecular weight is 274 g/mol. The van der Waals surface area contributed by atoms with Crippen LogP contribution >= 0.6 is 0 Å². The van der Waals surface area contributed by atoms with Gasteiger partial charge in [-0.25, -0.2) is 0 Å². The molecule has 0 heterocycles. The third-order valence-corrected chi connectivity index (χ3v) is 4.41. The van der Waals surface area contributed by atoms with Crippen LogP contribution in [0.25, 0.3) is 0 Å². The van der Waals surface area contributed by atoms with Crippen LogP contribution in [0.15, 0.2) is 30.3 Å². The molecule has 1 aliphatic rings. The highest BCUT2D eigenvalue weighted by Gasteiger charge is 2.30. The zero-order chi connectivity index (χ0) is 14.6. The van der Waals surface area contributed by atoms with Gasteiger partial charge in [0.25, 0.3) is 0 Å². The standard InChI is InChI=1S/C18H30N2/c1-15(2)13-20(17-11-7-8-12-17)14-18(3,19)16-9-5-4-6-10-16/h4-6,9-10,15,17H,7-8,11-14,19H2,1-3H3. The highest BCUT2D eigenvalue weighted by molar-refractivity contribution is 5.23. The molecule has 1 aliphatic carbocycles. The zero-order valence-corrected chi connectivity index (χ0v) is 13.3. The summed E-state index contributed by atoms with van der Waals surface area (Å²) in [6, 6.07) is 11.3. The smallest absolute Gasteiger partial charge is 0.0510 e. The topological polar surface area (TPSA) is 29.3 Å². The number of nitrogens with zero attached hydrogens (tertiary/aromatic N) is 1. The zero-order valence-electron chi connectivity index (χ0n) is 13.3. The normalized spacial score (nSPS) is 19.7. The van der Waals surface area contributed by atoms with E-state index in [1.165, 1.54) is 31.2 Å². The molecule has 0 radical (unpaired) electrons. The van der Waals surface area contributed by atoms with E-state index in [-0.39, 0.29) is 5.54 Å². The van der Waals surface area contributed by atoms with Crippen molar-refractivity contribution in [3.05, 3.63) is 35.9 Å². The van der Waals surface area contributed by atoms with Gasteiger partial charge in [0.15, 0.2) is 0 Å². The van der Waals surface area contributed by atoms with Gasteiger partial charge in [-0.1, -0.05) is 57.0 Å². The summed E-state index contributed by atoms with van der Waals surface area (Å²) in [5, 5.41) is 0. The molecule has 0 amide bonds. The van der Waals surface area contributed by atoms with Gasteiger partial charge in [0.05, 0.1) is 5.54 Å². The molecule has 1 aromatic rings. The molecule has 112 valence electrons. The lowest BCUT2D eigenvalue weighted by Crippen LogP contribution is -2.49. The van der Waals surface area contributed by atoms with Crippen molar-refractivity contribution in [2.45, 2.75) is 58.0 Å². The molecule has 0 saturated heterocycles. The van der Waals surface area contributed by atoms with Crippen molar-refractivity contribution in [2.24, 2.45) is 11.7 Å². The fourth-order valence-electron chi connectivity index (χ4n) is 3.41. The van der Waals surface area contributed by atoms with E-state index in [1.807, 2.05) is 0 Å². The maximum atomic E-state index is 6.64. The van der Waals surface area contributed by atoms with Crippen molar-refractivity contribution in [3.8, 4) is 0 Å². The second-order valence-corrected chi connectivity index (χ2v) is 7.05. The van der Waals surface area contributed by atoms with Gasteiger partial charge >= 0.3 is 0 Å². The van der Waals surface area contributed by atoms with Crippen LogP contribution in [0, 0.1) is 5.92 Å². The third-order valence-electron chi connectivity index (χ3n) is 4.41. The Hall–Kier alpha value is -0.860. The third kappa shape index (κ3) is 4.07. The molecular formula is C18H30N2. The van der Waals surface area contributed by atoms with Gasteiger partial charge in [-0.2, -0.15) is 0 Å². The van der Waals surface area contributed by atoms with E-state index in [4.69, 9.17) is 5.73 Å². The largest absolute Gasteiger partial charge is 0.321 e. The molecule has 2 N–H and O–H groups in total. The molecule has 1 fully saturated rings. The highest BCUT2D eigenvalue weighted by atomic mass is 15.2. The number of nitrogens with two attached hydrogens (primary N) is 1.